The van der Waals surface area contributed by atoms with E-state index < -0.39 is 11.9 Å². The van der Waals surface area contributed by atoms with Gasteiger partial charge in [0.1, 0.15) is 0 Å². The first kappa shape index (κ1) is 19.8. The summed E-state index contributed by atoms with van der Waals surface area (Å²) in [6.45, 7) is 10.3. The third-order valence-electron chi connectivity index (χ3n) is 4.52. The molecular formula is C22H28N2O2. The average Bonchev–Trinajstić information content (AvgIpc) is 2.53. The lowest BCUT2D eigenvalue weighted by Gasteiger charge is -2.31. The molecule has 0 aromatic heterocycles. The Hall–Kier alpha value is -2.54. The fraction of sp³-hybridized carbons (Fsp3) is 0.455. The van der Waals surface area contributed by atoms with Gasteiger partial charge in [0.25, 0.3) is 0 Å². The van der Waals surface area contributed by atoms with E-state index >= 15 is 0 Å². The normalized spacial score (nSPS) is 17.5. The van der Waals surface area contributed by atoms with Gasteiger partial charge in [0, 0.05) is 11.4 Å². The van der Waals surface area contributed by atoms with Gasteiger partial charge in [0.2, 0.25) is 0 Å². The molecule has 1 aromatic rings. The summed E-state index contributed by atoms with van der Waals surface area (Å²) in [7, 11) is 0. The Bertz CT molecular complexity index is 777. The first-order chi connectivity index (χ1) is 12.2. The number of carboxylic acid groups (broad SMARTS) is 1. The second kappa shape index (κ2) is 8.23. The van der Waals surface area contributed by atoms with Gasteiger partial charge in [-0.05, 0) is 37.2 Å². The Morgan fingerprint density at radius 1 is 1.12 bits per heavy atom. The van der Waals surface area contributed by atoms with Crippen molar-refractivity contribution in [2.24, 2.45) is 11.8 Å². The lowest BCUT2D eigenvalue weighted by molar-refractivity contribution is -0.133. The SMILES string of the molecule is Cc1ccc(C2C(C#N)=C(CC(C)C)NC(CC(C)C)=C2C(=O)O)cc1. The van der Waals surface area contributed by atoms with Gasteiger partial charge >= 0.3 is 5.97 Å². The van der Waals surface area contributed by atoms with Gasteiger partial charge in [0.05, 0.1) is 23.1 Å². The molecule has 0 saturated heterocycles. The van der Waals surface area contributed by atoms with Crippen molar-refractivity contribution in [3.8, 4) is 6.07 Å². The van der Waals surface area contributed by atoms with Crippen LogP contribution in [0.3, 0.4) is 0 Å². The molecule has 1 atom stereocenters. The minimum atomic E-state index is -0.963. The Labute approximate surface area is 156 Å². The predicted molar refractivity (Wildman–Crippen MR) is 103 cm³/mol. The minimum Gasteiger partial charge on any atom is -0.478 e. The van der Waals surface area contributed by atoms with Crippen LogP contribution in [0.1, 0.15) is 57.6 Å². The highest BCUT2D eigenvalue weighted by atomic mass is 16.4. The second-order valence-electron chi connectivity index (χ2n) is 7.87. The standard InChI is InChI=1S/C22H28N2O2/c1-13(2)10-18-17(12-23)20(16-8-6-15(5)7-9-16)21(22(25)26)19(24-18)11-14(3)4/h6-9,13-14,20,24H,10-11H2,1-5H3,(H,25,26). The van der Waals surface area contributed by atoms with Crippen molar-refractivity contribution in [2.45, 2.75) is 53.4 Å². The van der Waals surface area contributed by atoms with Crippen LogP contribution in [0.25, 0.3) is 0 Å². The van der Waals surface area contributed by atoms with Crippen LogP contribution >= 0.6 is 0 Å². The highest BCUT2D eigenvalue weighted by molar-refractivity contribution is 5.91. The molecule has 138 valence electrons. The van der Waals surface area contributed by atoms with Gasteiger partial charge in [-0.3, -0.25) is 0 Å². The summed E-state index contributed by atoms with van der Waals surface area (Å²) in [6.07, 6.45) is 1.37. The number of nitriles is 1. The maximum absolute atomic E-state index is 12.2. The first-order valence-corrected chi connectivity index (χ1v) is 9.17. The van der Waals surface area contributed by atoms with Crippen LogP contribution in [-0.4, -0.2) is 11.1 Å². The number of benzene rings is 1. The molecule has 1 heterocycles. The number of nitrogens with one attached hydrogen (secondary N) is 1. The predicted octanol–water partition coefficient (Wildman–Crippen LogP) is 4.89. The second-order valence-corrected chi connectivity index (χ2v) is 7.87. The summed E-state index contributed by atoms with van der Waals surface area (Å²) in [4.78, 5) is 12.2. The van der Waals surface area contributed by atoms with E-state index in [1.54, 1.807) is 0 Å². The van der Waals surface area contributed by atoms with Gasteiger partial charge in [-0.25, -0.2) is 4.79 Å². The van der Waals surface area contributed by atoms with Crippen LogP contribution in [0.2, 0.25) is 0 Å². The quantitative estimate of drug-likeness (QED) is 0.764. The van der Waals surface area contributed by atoms with E-state index in [4.69, 9.17) is 0 Å². The molecule has 1 aromatic carbocycles. The van der Waals surface area contributed by atoms with Crippen molar-refractivity contribution in [3.63, 3.8) is 0 Å². The number of carboxylic acids is 1. The molecule has 0 saturated carbocycles. The van der Waals surface area contributed by atoms with Crippen LogP contribution in [0.15, 0.2) is 46.8 Å². The summed E-state index contributed by atoms with van der Waals surface area (Å²) < 4.78 is 0. The molecule has 0 radical (unpaired) electrons. The van der Waals surface area contributed by atoms with E-state index in [0.717, 1.165) is 28.9 Å². The molecule has 0 spiro atoms. The maximum atomic E-state index is 12.2. The third kappa shape index (κ3) is 4.35. The number of aliphatic carboxylic acids is 1. The topological polar surface area (TPSA) is 73.1 Å². The van der Waals surface area contributed by atoms with E-state index in [2.05, 4.69) is 39.1 Å². The molecule has 4 heteroatoms. The highest BCUT2D eigenvalue weighted by Crippen LogP contribution is 2.40. The average molecular weight is 352 g/mol. The highest BCUT2D eigenvalue weighted by Gasteiger charge is 2.35. The summed E-state index contributed by atoms with van der Waals surface area (Å²) in [5, 5.41) is 23.1. The number of hydrogen-bond donors (Lipinski definition) is 2. The zero-order valence-electron chi connectivity index (χ0n) is 16.3. The molecule has 2 N–H and O–H groups in total. The lowest BCUT2D eigenvalue weighted by atomic mass is 9.78. The molecule has 0 bridgehead atoms. The van der Waals surface area contributed by atoms with Crippen molar-refractivity contribution in [3.05, 3.63) is 57.9 Å². The molecule has 0 fully saturated rings. The van der Waals surface area contributed by atoms with Crippen molar-refractivity contribution >= 4 is 5.97 Å². The van der Waals surface area contributed by atoms with E-state index in [9.17, 15) is 15.2 Å². The van der Waals surface area contributed by atoms with Gasteiger partial charge in [-0.2, -0.15) is 5.26 Å². The van der Waals surface area contributed by atoms with Gasteiger partial charge in [0.15, 0.2) is 0 Å². The van der Waals surface area contributed by atoms with Gasteiger partial charge in [-0.15, -0.1) is 0 Å². The summed E-state index contributed by atoms with van der Waals surface area (Å²) in [6, 6.07) is 10.1. The lowest BCUT2D eigenvalue weighted by Crippen LogP contribution is -2.31. The minimum absolute atomic E-state index is 0.298. The van der Waals surface area contributed by atoms with Crippen LogP contribution < -0.4 is 5.32 Å². The Morgan fingerprint density at radius 3 is 2.12 bits per heavy atom. The molecule has 1 unspecified atom stereocenters. The monoisotopic (exact) mass is 352 g/mol. The Morgan fingerprint density at radius 2 is 1.65 bits per heavy atom. The number of dihydropyridines is 1. The van der Waals surface area contributed by atoms with E-state index in [1.165, 1.54) is 0 Å². The van der Waals surface area contributed by atoms with Crippen molar-refractivity contribution in [2.75, 3.05) is 0 Å². The van der Waals surface area contributed by atoms with Crippen LogP contribution in [0.4, 0.5) is 0 Å². The van der Waals surface area contributed by atoms with E-state index in [0.29, 0.717) is 29.4 Å². The van der Waals surface area contributed by atoms with E-state index in [-0.39, 0.29) is 0 Å². The molecule has 1 aliphatic rings. The smallest absolute Gasteiger partial charge is 0.334 e. The van der Waals surface area contributed by atoms with Crippen molar-refractivity contribution in [1.82, 2.24) is 5.32 Å². The third-order valence-corrected chi connectivity index (χ3v) is 4.52. The largest absolute Gasteiger partial charge is 0.478 e. The molecule has 26 heavy (non-hydrogen) atoms. The van der Waals surface area contributed by atoms with Crippen LogP contribution in [0.5, 0.6) is 0 Å². The summed E-state index contributed by atoms with van der Waals surface area (Å²) in [5.74, 6) is -0.808. The molecule has 0 amide bonds. The zero-order valence-corrected chi connectivity index (χ0v) is 16.3. The van der Waals surface area contributed by atoms with E-state index in [1.807, 2.05) is 31.2 Å². The van der Waals surface area contributed by atoms with Crippen LogP contribution in [0, 0.1) is 30.1 Å². The summed E-state index contributed by atoms with van der Waals surface area (Å²) in [5.41, 5.74) is 4.37. The van der Waals surface area contributed by atoms with Crippen molar-refractivity contribution < 1.29 is 9.90 Å². The number of nitrogens with zero attached hydrogens (tertiary/aromatic N) is 1. The van der Waals surface area contributed by atoms with Crippen LogP contribution in [-0.2, 0) is 4.79 Å². The number of allylic oxidation sites excluding steroid dienone is 3. The number of rotatable bonds is 6. The van der Waals surface area contributed by atoms with Gasteiger partial charge in [-0.1, -0.05) is 57.5 Å². The molecule has 0 aliphatic carbocycles. The zero-order chi connectivity index (χ0) is 19.4. The Balaban J connectivity index is 2.69. The number of carbonyl (C=O) groups is 1. The molecule has 4 nitrogen and oxygen atoms in total. The fourth-order valence-corrected chi connectivity index (χ4v) is 3.42. The fourth-order valence-electron chi connectivity index (χ4n) is 3.42. The number of aryl methyl sites for hydroxylation is 1. The van der Waals surface area contributed by atoms with Crippen molar-refractivity contribution in [1.29, 1.82) is 5.26 Å². The molecule has 2 rings (SSSR count). The number of hydrogen-bond acceptors (Lipinski definition) is 3. The molecule has 1 aliphatic heterocycles. The summed E-state index contributed by atoms with van der Waals surface area (Å²) >= 11 is 0. The van der Waals surface area contributed by atoms with Gasteiger partial charge < -0.3 is 10.4 Å². The molecular weight excluding hydrogens is 324 g/mol. The first-order valence-electron chi connectivity index (χ1n) is 9.17. The maximum Gasteiger partial charge on any atom is 0.334 e. The Kier molecular flexibility index (Phi) is 6.26.